The van der Waals surface area contributed by atoms with Gasteiger partial charge in [-0.25, -0.2) is 14.6 Å². The van der Waals surface area contributed by atoms with Gasteiger partial charge in [0.25, 0.3) is 0 Å². The molecular formula is C25H28N2O5. The molecule has 7 heteroatoms. The predicted octanol–water partition coefficient (Wildman–Crippen LogP) is 5.11. The maximum Gasteiger partial charge on any atom is 0.408 e. The van der Waals surface area contributed by atoms with Gasteiger partial charge in [-0.1, -0.05) is 37.3 Å². The minimum Gasteiger partial charge on any atom is -0.480 e. The van der Waals surface area contributed by atoms with Gasteiger partial charge in [-0.3, -0.25) is 0 Å². The van der Waals surface area contributed by atoms with Crippen LogP contribution in [0.5, 0.6) is 11.6 Å². The number of nitrogens with zero attached hydrogens (tertiary/aromatic N) is 1. The van der Waals surface area contributed by atoms with Crippen LogP contribution in [0.15, 0.2) is 54.6 Å². The van der Waals surface area contributed by atoms with Crippen molar-refractivity contribution in [3.05, 3.63) is 65.9 Å². The third-order valence-electron chi connectivity index (χ3n) is 4.69. The molecule has 0 saturated carbocycles. The molecule has 0 aliphatic carbocycles. The van der Waals surface area contributed by atoms with Gasteiger partial charge in [-0.05, 0) is 62.4 Å². The van der Waals surface area contributed by atoms with Crippen LogP contribution in [0.1, 0.15) is 39.0 Å². The van der Waals surface area contributed by atoms with E-state index in [4.69, 9.17) is 9.47 Å². The molecule has 0 saturated heterocycles. The Labute approximate surface area is 187 Å². The molecule has 168 valence electrons. The molecule has 0 fully saturated rings. The lowest BCUT2D eigenvalue weighted by atomic mass is 10.1. The second kappa shape index (κ2) is 9.68. The van der Waals surface area contributed by atoms with Gasteiger partial charge in [-0.2, -0.15) is 0 Å². The molecule has 7 nitrogen and oxygen atoms in total. The number of aliphatic carboxylic acids is 1. The molecule has 1 atom stereocenters. The number of aromatic nitrogens is 1. The summed E-state index contributed by atoms with van der Waals surface area (Å²) in [6, 6.07) is 15.9. The summed E-state index contributed by atoms with van der Waals surface area (Å²) in [7, 11) is 0. The number of amides is 1. The molecule has 0 bridgehead atoms. The standard InChI is InChI=1S/C25H28N2O5/c1-5-18-15-17-8-6-7-9-20(17)22(26-18)31-19-12-10-16(11-13-19)14-21(23(28)29)27-24(30)32-25(2,3)4/h6-13,15,21H,5,14H2,1-4H3,(H,27,30)(H,28,29)/t21-/m0/s1. The number of benzene rings is 2. The van der Waals surface area contributed by atoms with Gasteiger partial charge in [0.15, 0.2) is 0 Å². The van der Waals surface area contributed by atoms with E-state index in [-0.39, 0.29) is 6.42 Å². The Hall–Kier alpha value is -3.61. The van der Waals surface area contributed by atoms with Gasteiger partial charge >= 0.3 is 12.1 Å². The van der Waals surface area contributed by atoms with Crippen molar-refractivity contribution >= 4 is 22.8 Å². The number of pyridine rings is 1. The van der Waals surface area contributed by atoms with Crippen LogP contribution in [0.25, 0.3) is 10.8 Å². The Morgan fingerprint density at radius 2 is 1.78 bits per heavy atom. The van der Waals surface area contributed by atoms with E-state index in [2.05, 4.69) is 16.4 Å². The highest BCUT2D eigenvalue weighted by atomic mass is 16.6. The lowest BCUT2D eigenvalue weighted by Crippen LogP contribution is -2.44. The van der Waals surface area contributed by atoms with Gasteiger partial charge in [0, 0.05) is 17.5 Å². The third kappa shape index (κ3) is 6.20. The molecule has 2 N–H and O–H groups in total. The third-order valence-corrected chi connectivity index (χ3v) is 4.69. The van der Waals surface area contributed by atoms with Crippen LogP contribution in [0.4, 0.5) is 4.79 Å². The first-order chi connectivity index (χ1) is 15.1. The van der Waals surface area contributed by atoms with Crippen LogP contribution in [-0.2, 0) is 22.4 Å². The molecule has 1 heterocycles. The maximum absolute atomic E-state index is 12.0. The lowest BCUT2D eigenvalue weighted by Gasteiger charge is -2.22. The summed E-state index contributed by atoms with van der Waals surface area (Å²) < 4.78 is 11.2. The Bertz CT molecular complexity index is 1100. The summed E-state index contributed by atoms with van der Waals surface area (Å²) in [4.78, 5) is 28.2. The fraction of sp³-hybridized carbons (Fsp3) is 0.320. The summed E-state index contributed by atoms with van der Waals surface area (Å²) in [5.41, 5.74) is 0.966. The molecule has 0 spiro atoms. The van der Waals surface area contributed by atoms with Gasteiger partial charge in [-0.15, -0.1) is 0 Å². The van der Waals surface area contributed by atoms with Crippen LogP contribution >= 0.6 is 0 Å². The number of fused-ring (bicyclic) bond motifs is 1. The number of alkyl carbamates (subject to hydrolysis) is 1. The molecule has 3 aromatic rings. The average Bonchev–Trinajstić information content (AvgIpc) is 2.73. The highest BCUT2D eigenvalue weighted by molar-refractivity contribution is 5.87. The molecular weight excluding hydrogens is 408 g/mol. The van der Waals surface area contributed by atoms with E-state index < -0.39 is 23.7 Å². The summed E-state index contributed by atoms with van der Waals surface area (Å²) in [5, 5.41) is 13.9. The zero-order chi connectivity index (χ0) is 23.3. The fourth-order valence-corrected chi connectivity index (χ4v) is 3.17. The van der Waals surface area contributed by atoms with Crippen LogP contribution < -0.4 is 10.1 Å². The SMILES string of the molecule is CCc1cc2ccccc2c(Oc2ccc(C[C@H](NC(=O)OC(C)(C)C)C(=O)O)cc2)n1. The number of hydrogen-bond donors (Lipinski definition) is 2. The first-order valence-electron chi connectivity index (χ1n) is 10.5. The minimum atomic E-state index is -1.14. The predicted molar refractivity (Wildman–Crippen MR) is 122 cm³/mol. The van der Waals surface area contributed by atoms with Gasteiger partial charge in [0.1, 0.15) is 17.4 Å². The molecule has 1 aromatic heterocycles. The Morgan fingerprint density at radius 1 is 1.09 bits per heavy atom. The summed E-state index contributed by atoms with van der Waals surface area (Å²) in [6.07, 6.45) is 0.140. The highest BCUT2D eigenvalue weighted by Gasteiger charge is 2.24. The topological polar surface area (TPSA) is 97.8 Å². The number of rotatable bonds is 7. The number of ether oxygens (including phenoxy) is 2. The summed E-state index contributed by atoms with van der Waals surface area (Å²) >= 11 is 0. The number of carbonyl (C=O) groups excluding carboxylic acids is 1. The van der Waals surface area contributed by atoms with Gasteiger partial charge in [0.05, 0.1) is 0 Å². The van der Waals surface area contributed by atoms with E-state index in [0.29, 0.717) is 11.6 Å². The summed E-state index contributed by atoms with van der Waals surface area (Å²) in [5.74, 6) is -0.0161. The normalized spacial score (nSPS) is 12.2. The van der Waals surface area contributed by atoms with Gasteiger partial charge in [0.2, 0.25) is 5.88 Å². The number of carboxylic acid groups (broad SMARTS) is 1. The summed E-state index contributed by atoms with van der Waals surface area (Å²) in [6.45, 7) is 7.19. The van der Waals surface area contributed by atoms with Crippen LogP contribution in [0.3, 0.4) is 0 Å². The molecule has 0 unspecified atom stereocenters. The van der Waals surface area contributed by atoms with E-state index >= 15 is 0 Å². The van der Waals surface area contributed by atoms with Crippen molar-refractivity contribution in [2.75, 3.05) is 0 Å². The smallest absolute Gasteiger partial charge is 0.408 e. The molecule has 0 radical (unpaired) electrons. The van der Waals surface area contributed by atoms with E-state index in [0.717, 1.165) is 28.5 Å². The zero-order valence-electron chi connectivity index (χ0n) is 18.7. The maximum atomic E-state index is 12.0. The van der Waals surface area contributed by atoms with Crippen molar-refractivity contribution in [3.8, 4) is 11.6 Å². The largest absolute Gasteiger partial charge is 0.480 e. The average molecular weight is 437 g/mol. The number of hydrogen-bond acceptors (Lipinski definition) is 5. The number of nitrogens with one attached hydrogen (secondary N) is 1. The molecule has 1 amide bonds. The number of carboxylic acids is 1. The molecule has 0 aliphatic heterocycles. The lowest BCUT2D eigenvalue weighted by molar-refractivity contribution is -0.139. The van der Waals surface area contributed by atoms with E-state index in [9.17, 15) is 14.7 Å². The number of aryl methyl sites for hydroxylation is 1. The van der Waals surface area contributed by atoms with Crippen molar-refractivity contribution in [1.82, 2.24) is 10.3 Å². The van der Waals surface area contributed by atoms with E-state index in [1.54, 1.807) is 45.0 Å². The van der Waals surface area contributed by atoms with Crippen molar-refractivity contribution in [1.29, 1.82) is 0 Å². The first kappa shape index (κ1) is 23.1. The molecule has 32 heavy (non-hydrogen) atoms. The van der Waals surface area contributed by atoms with Crippen molar-refractivity contribution in [3.63, 3.8) is 0 Å². The first-order valence-corrected chi connectivity index (χ1v) is 10.5. The number of carbonyl (C=O) groups is 2. The Balaban J connectivity index is 1.73. The molecule has 2 aromatic carbocycles. The highest BCUT2D eigenvalue weighted by Crippen LogP contribution is 2.29. The Kier molecular flexibility index (Phi) is 6.98. The van der Waals surface area contributed by atoms with Crippen molar-refractivity contribution in [2.45, 2.75) is 52.2 Å². The van der Waals surface area contributed by atoms with Crippen molar-refractivity contribution in [2.24, 2.45) is 0 Å². The fourth-order valence-electron chi connectivity index (χ4n) is 3.17. The van der Waals surface area contributed by atoms with Crippen LogP contribution in [0, 0.1) is 0 Å². The van der Waals surface area contributed by atoms with Crippen LogP contribution in [-0.4, -0.2) is 33.8 Å². The van der Waals surface area contributed by atoms with E-state index in [1.807, 2.05) is 31.2 Å². The van der Waals surface area contributed by atoms with E-state index in [1.165, 1.54) is 0 Å². The monoisotopic (exact) mass is 436 g/mol. The molecule has 0 aliphatic rings. The quantitative estimate of drug-likeness (QED) is 0.534. The minimum absolute atomic E-state index is 0.112. The second-order valence-electron chi connectivity index (χ2n) is 8.48. The van der Waals surface area contributed by atoms with Gasteiger partial charge < -0.3 is 19.9 Å². The van der Waals surface area contributed by atoms with Crippen molar-refractivity contribution < 1.29 is 24.2 Å². The van der Waals surface area contributed by atoms with Crippen LogP contribution in [0.2, 0.25) is 0 Å². The Morgan fingerprint density at radius 3 is 2.41 bits per heavy atom. The zero-order valence-corrected chi connectivity index (χ0v) is 18.7. The molecule has 3 rings (SSSR count). The second-order valence-corrected chi connectivity index (χ2v) is 8.48.